The van der Waals surface area contributed by atoms with Crippen molar-refractivity contribution in [2.75, 3.05) is 11.4 Å². The summed E-state index contributed by atoms with van der Waals surface area (Å²) in [6, 6.07) is 3.74. The molecule has 1 aromatic rings. The second kappa shape index (κ2) is 4.32. The van der Waals surface area contributed by atoms with E-state index in [1.165, 1.54) is 0 Å². The van der Waals surface area contributed by atoms with Gasteiger partial charge < -0.3 is 4.90 Å². The molecule has 0 amide bonds. The van der Waals surface area contributed by atoms with Gasteiger partial charge in [-0.1, -0.05) is 23.2 Å². The van der Waals surface area contributed by atoms with E-state index in [1.807, 2.05) is 17.0 Å². The lowest BCUT2D eigenvalue weighted by atomic mass is 10.3. The van der Waals surface area contributed by atoms with Crippen LogP contribution in [0.3, 0.4) is 0 Å². The third kappa shape index (κ3) is 2.01. The molecule has 1 saturated heterocycles. The molecule has 0 atom stereocenters. The number of amidine groups is 1. The van der Waals surface area contributed by atoms with E-state index >= 15 is 0 Å². The van der Waals surface area contributed by atoms with Gasteiger partial charge in [-0.3, -0.25) is 5.41 Å². The van der Waals surface area contributed by atoms with Crippen LogP contribution in [0.25, 0.3) is 0 Å². The van der Waals surface area contributed by atoms with Crippen LogP contribution in [0.4, 0.5) is 5.69 Å². The van der Waals surface area contributed by atoms with Gasteiger partial charge in [0.05, 0.1) is 15.7 Å². The van der Waals surface area contributed by atoms with Crippen molar-refractivity contribution in [2.24, 2.45) is 0 Å². The zero-order valence-electron chi connectivity index (χ0n) is 7.86. The highest BCUT2D eigenvalue weighted by atomic mass is 79.9. The van der Waals surface area contributed by atoms with Crippen molar-refractivity contribution in [1.29, 1.82) is 5.41 Å². The first-order valence-corrected chi connectivity index (χ1v) is 6.14. The van der Waals surface area contributed by atoms with E-state index < -0.39 is 0 Å². The van der Waals surface area contributed by atoms with Crippen LogP contribution in [0.1, 0.15) is 12.8 Å². The second-order valence-corrected chi connectivity index (χ2v) is 5.01. The first kappa shape index (κ1) is 11.2. The minimum absolute atomic E-state index is 0.508. The van der Waals surface area contributed by atoms with Gasteiger partial charge in [0.25, 0.3) is 0 Å². The highest BCUT2D eigenvalue weighted by Gasteiger charge is 2.22. The summed E-state index contributed by atoms with van der Waals surface area (Å²) >= 11 is 15.5. The molecule has 0 aromatic heterocycles. The number of rotatable bonds is 1. The lowest BCUT2D eigenvalue weighted by Crippen LogP contribution is -2.23. The molecular formula is C10H9BrCl2N2. The van der Waals surface area contributed by atoms with Crippen molar-refractivity contribution < 1.29 is 0 Å². The van der Waals surface area contributed by atoms with E-state index in [9.17, 15) is 0 Å². The van der Waals surface area contributed by atoms with Crippen LogP contribution >= 0.6 is 39.1 Å². The Labute approximate surface area is 107 Å². The zero-order valence-corrected chi connectivity index (χ0v) is 11.0. The molecule has 1 aliphatic rings. The molecule has 15 heavy (non-hydrogen) atoms. The summed E-state index contributed by atoms with van der Waals surface area (Å²) < 4.78 is 0.781. The Morgan fingerprint density at radius 3 is 2.60 bits per heavy atom. The standard InChI is InChI=1S/C10H9BrCl2N2/c11-6-3-4-7(10(13)9(6)12)15-5-1-2-8(15)14/h3-4,14H,1-2,5H2. The van der Waals surface area contributed by atoms with E-state index in [0.29, 0.717) is 15.9 Å². The first-order valence-electron chi connectivity index (χ1n) is 4.59. The molecular weight excluding hydrogens is 299 g/mol. The van der Waals surface area contributed by atoms with Gasteiger partial charge in [0.15, 0.2) is 0 Å². The van der Waals surface area contributed by atoms with Gasteiger partial charge in [0.2, 0.25) is 0 Å². The number of nitrogens with zero attached hydrogens (tertiary/aromatic N) is 1. The van der Waals surface area contributed by atoms with Crippen LogP contribution in [0, 0.1) is 5.41 Å². The van der Waals surface area contributed by atoms with Crippen LogP contribution in [0.15, 0.2) is 16.6 Å². The molecule has 1 heterocycles. The summed E-state index contributed by atoms with van der Waals surface area (Å²) in [5, 5.41) is 8.80. The van der Waals surface area contributed by atoms with Gasteiger partial charge in [0.1, 0.15) is 5.84 Å². The topological polar surface area (TPSA) is 27.1 Å². The van der Waals surface area contributed by atoms with Gasteiger partial charge in [-0.05, 0) is 34.5 Å². The van der Waals surface area contributed by atoms with Gasteiger partial charge in [0, 0.05) is 17.4 Å². The molecule has 80 valence electrons. The molecule has 2 rings (SSSR count). The monoisotopic (exact) mass is 306 g/mol. The molecule has 5 heteroatoms. The van der Waals surface area contributed by atoms with Gasteiger partial charge >= 0.3 is 0 Å². The van der Waals surface area contributed by atoms with Crippen LogP contribution < -0.4 is 4.90 Å². The van der Waals surface area contributed by atoms with Crippen molar-refractivity contribution in [1.82, 2.24) is 0 Å². The normalized spacial score (nSPS) is 16.2. The smallest absolute Gasteiger partial charge is 0.100 e. The average Bonchev–Trinajstić information content (AvgIpc) is 2.62. The Balaban J connectivity index is 2.45. The van der Waals surface area contributed by atoms with E-state index in [0.717, 1.165) is 29.5 Å². The fraction of sp³-hybridized carbons (Fsp3) is 0.300. The molecule has 0 radical (unpaired) electrons. The third-order valence-corrected chi connectivity index (χ3v) is 4.19. The maximum absolute atomic E-state index is 7.78. The summed E-state index contributed by atoms with van der Waals surface area (Å²) in [6.07, 6.45) is 1.81. The van der Waals surface area contributed by atoms with Crippen molar-refractivity contribution in [2.45, 2.75) is 12.8 Å². The van der Waals surface area contributed by atoms with Crippen LogP contribution in [0.2, 0.25) is 10.0 Å². The molecule has 1 aromatic carbocycles. The lowest BCUT2D eigenvalue weighted by Gasteiger charge is -2.20. The molecule has 2 nitrogen and oxygen atoms in total. The average molecular weight is 308 g/mol. The number of benzene rings is 1. The van der Waals surface area contributed by atoms with Gasteiger partial charge in [-0.25, -0.2) is 0 Å². The molecule has 1 aliphatic heterocycles. The molecule has 0 spiro atoms. The Bertz CT molecular complexity index is 420. The van der Waals surface area contributed by atoms with Crippen LogP contribution in [-0.4, -0.2) is 12.4 Å². The highest BCUT2D eigenvalue weighted by molar-refractivity contribution is 9.10. The Hall–Kier alpha value is -0.250. The summed E-state index contributed by atoms with van der Waals surface area (Å²) in [4.78, 5) is 1.90. The largest absolute Gasteiger partial charge is 0.329 e. The summed E-state index contributed by atoms with van der Waals surface area (Å²) in [5.74, 6) is 0.607. The molecule has 1 N–H and O–H groups in total. The predicted octanol–water partition coefficient (Wildman–Crippen LogP) is 4.33. The highest BCUT2D eigenvalue weighted by Crippen LogP contribution is 2.38. The van der Waals surface area contributed by atoms with E-state index in [1.54, 1.807) is 0 Å². The van der Waals surface area contributed by atoms with E-state index in [2.05, 4.69) is 15.9 Å². The number of hydrogen-bond acceptors (Lipinski definition) is 1. The fourth-order valence-electron chi connectivity index (χ4n) is 1.66. The van der Waals surface area contributed by atoms with Crippen molar-refractivity contribution in [3.63, 3.8) is 0 Å². The molecule has 0 unspecified atom stereocenters. The van der Waals surface area contributed by atoms with Gasteiger partial charge in [-0.15, -0.1) is 0 Å². The number of nitrogens with one attached hydrogen (secondary N) is 1. The van der Waals surface area contributed by atoms with Crippen molar-refractivity contribution in [3.8, 4) is 0 Å². The van der Waals surface area contributed by atoms with Crippen LogP contribution in [0.5, 0.6) is 0 Å². The SMILES string of the molecule is N=C1CCCN1c1ccc(Br)c(Cl)c1Cl. The maximum atomic E-state index is 7.78. The predicted molar refractivity (Wildman–Crippen MR) is 68.5 cm³/mol. The van der Waals surface area contributed by atoms with Crippen molar-refractivity contribution in [3.05, 3.63) is 26.7 Å². The number of halogens is 3. The Morgan fingerprint density at radius 2 is 2.00 bits per heavy atom. The van der Waals surface area contributed by atoms with Crippen LogP contribution in [-0.2, 0) is 0 Å². The third-order valence-electron chi connectivity index (χ3n) is 2.43. The Morgan fingerprint density at radius 1 is 1.27 bits per heavy atom. The Kier molecular flexibility index (Phi) is 3.24. The first-order chi connectivity index (χ1) is 7.11. The molecule has 0 bridgehead atoms. The second-order valence-electron chi connectivity index (χ2n) is 3.40. The number of hydrogen-bond donors (Lipinski definition) is 1. The lowest BCUT2D eigenvalue weighted by molar-refractivity contribution is 0.956. The zero-order chi connectivity index (χ0) is 11.0. The van der Waals surface area contributed by atoms with E-state index in [-0.39, 0.29) is 0 Å². The molecule has 1 fully saturated rings. The fourth-order valence-corrected chi connectivity index (χ4v) is 2.54. The summed E-state index contributed by atoms with van der Waals surface area (Å²) in [5.41, 5.74) is 0.826. The van der Waals surface area contributed by atoms with Gasteiger partial charge in [-0.2, -0.15) is 0 Å². The minimum atomic E-state index is 0.508. The summed E-state index contributed by atoms with van der Waals surface area (Å²) in [6.45, 7) is 0.844. The maximum Gasteiger partial charge on any atom is 0.100 e. The number of anilines is 1. The van der Waals surface area contributed by atoms with Crippen molar-refractivity contribution >= 4 is 50.7 Å². The summed E-state index contributed by atoms with van der Waals surface area (Å²) in [7, 11) is 0. The molecule has 0 aliphatic carbocycles. The van der Waals surface area contributed by atoms with E-state index in [4.69, 9.17) is 28.6 Å². The molecule has 0 saturated carbocycles. The minimum Gasteiger partial charge on any atom is -0.329 e. The quantitative estimate of drug-likeness (QED) is 0.768.